The molecule has 0 saturated carbocycles. The van der Waals surface area contributed by atoms with Crippen molar-refractivity contribution in [3.05, 3.63) is 41.9 Å². The van der Waals surface area contributed by atoms with Crippen molar-refractivity contribution >= 4 is 5.97 Å². The van der Waals surface area contributed by atoms with Gasteiger partial charge in [0.15, 0.2) is 0 Å². The first-order chi connectivity index (χ1) is 9.11. The molecule has 0 aliphatic heterocycles. The normalized spacial score (nSPS) is 10.2. The van der Waals surface area contributed by atoms with E-state index in [1.165, 1.54) is 12.5 Å². The van der Waals surface area contributed by atoms with Gasteiger partial charge in [-0.3, -0.25) is 4.79 Å². The molecule has 0 saturated heterocycles. The Balaban J connectivity index is 2.46. The van der Waals surface area contributed by atoms with Crippen LogP contribution in [0, 0.1) is 6.92 Å². The molecule has 1 N–H and O–H groups in total. The number of aliphatic carboxylic acids is 1. The van der Waals surface area contributed by atoms with Crippen molar-refractivity contribution in [1.82, 2.24) is 9.97 Å². The van der Waals surface area contributed by atoms with Gasteiger partial charge in [0.25, 0.3) is 0 Å². The Labute approximate surface area is 110 Å². The van der Waals surface area contributed by atoms with Crippen molar-refractivity contribution < 1.29 is 14.6 Å². The van der Waals surface area contributed by atoms with Crippen LogP contribution < -0.4 is 4.74 Å². The zero-order valence-electron chi connectivity index (χ0n) is 10.8. The summed E-state index contributed by atoms with van der Waals surface area (Å²) >= 11 is 0. The standard InChI is InChI=1S/C14H14N2O3/c1-9-5-10(3-4-12(9)19-2)14-11(6-13(17)18)7-15-8-16-14/h3-5,7-8H,6H2,1-2H3,(H,17,18). The summed E-state index contributed by atoms with van der Waals surface area (Å²) in [6, 6.07) is 5.63. The van der Waals surface area contributed by atoms with Gasteiger partial charge >= 0.3 is 5.97 Å². The molecule has 2 rings (SSSR count). The summed E-state index contributed by atoms with van der Waals surface area (Å²) < 4.78 is 5.20. The van der Waals surface area contributed by atoms with Crippen LogP contribution in [0.2, 0.25) is 0 Å². The average molecular weight is 258 g/mol. The van der Waals surface area contributed by atoms with E-state index in [2.05, 4.69) is 9.97 Å². The van der Waals surface area contributed by atoms with E-state index in [4.69, 9.17) is 9.84 Å². The van der Waals surface area contributed by atoms with E-state index in [0.29, 0.717) is 11.3 Å². The monoisotopic (exact) mass is 258 g/mol. The highest BCUT2D eigenvalue weighted by Gasteiger charge is 2.11. The molecule has 0 fully saturated rings. The van der Waals surface area contributed by atoms with E-state index in [9.17, 15) is 4.79 Å². The molecule has 98 valence electrons. The summed E-state index contributed by atoms with van der Waals surface area (Å²) in [5, 5.41) is 8.90. The number of carboxylic acids is 1. The molecule has 5 heteroatoms. The fraction of sp³-hybridized carbons (Fsp3) is 0.214. The first-order valence-corrected chi connectivity index (χ1v) is 5.77. The van der Waals surface area contributed by atoms with Crippen LogP contribution in [0.15, 0.2) is 30.7 Å². The summed E-state index contributed by atoms with van der Waals surface area (Å²) in [5.74, 6) is -0.112. The first-order valence-electron chi connectivity index (χ1n) is 5.77. The SMILES string of the molecule is COc1ccc(-c2ncncc2CC(=O)O)cc1C. The summed E-state index contributed by atoms with van der Waals surface area (Å²) in [6.45, 7) is 1.93. The molecule has 1 aromatic heterocycles. The molecule has 0 radical (unpaired) electrons. The molecule has 0 bridgehead atoms. The summed E-state index contributed by atoms with van der Waals surface area (Å²) in [6.07, 6.45) is 2.86. The molecule has 0 unspecified atom stereocenters. The highest BCUT2D eigenvalue weighted by molar-refractivity contribution is 5.75. The van der Waals surface area contributed by atoms with Crippen molar-refractivity contribution in [1.29, 1.82) is 0 Å². The number of carbonyl (C=O) groups is 1. The predicted molar refractivity (Wildman–Crippen MR) is 70.1 cm³/mol. The van der Waals surface area contributed by atoms with Gasteiger partial charge in [-0.2, -0.15) is 0 Å². The van der Waals surface area contributed by atoms with E-state index >= 15 is 0 Å². The summed E-state index contributed by atoms with van der Waals surface area (Å²) in [5.41, 5.74) is 3.07. The Morgan fingerprint density at radius 1 is 1.42 bits per heavy atom. The Morgan fingerprint density at radius 2 is 2.21 bits per heavy atom. The van der Waals surface area contributed by atoms with Crippen LogP contribution in [0.1, 0.15) is 11.1 Å². The lowest BCUT2D eigenvalue weighted by atomic mass is 10.0. The van der Waals surface area contributed by atoms with Crippen molar-refractivity contribution in [2.45, 2.75) is 13.3 Å². The largest absolute Gasteiger partial charge is 0.496 e. The molecule has 5 nitrogen and oxygen atoms in total. The van der Waals surface area contributed by atoms with Crippen molar-refractivity contribution in [3.63, 3.8) is 0 Å². The number of rotatable bonds is 4. The maximum Gasteiger partial charge on any atom is 0.307 e. The van der Waals surface area contributed by atoms with Crippen molar-refractivity contribution in [3.8, 4) is 17.0 Å². The summed E-state index contributed by atoms with van der Waals surface area (Å²) in [4.78, 5) is 18.9. The lowest BCUT2D eigenvalue weighted by Crippen LogP contribution is -2.04. The zero-order valence-corrected chi connectivity index (χ0v) is 10.8. The molecule has 1 aromatic carbocycles. The molecule has 1 heterocycles. The van der Waals surface area contributed by atoms with Gasteiger partial charge < -0.3 is 9.84 Å². The molecule has 0 atom stereocenters. The van der Waals surface area contributed by atoms with Gasteiger partial charge in [-0.05, 0) is 30.7 Å². The minimum Gasteiger partial charge on any atom is -0.496 e. The van der Waals surface area contributed by atoms with Crippen LogP contribution in [-0.4, -0.2) is 28.2 Å². The molecule has 19 heavy (non-hydrogen) atoms. The van der Waals surface area contributed by atoms with Gasteiger partial charge in [0, 0.05) is 17.3 Å². The number of benzene rings is 1. The highest BCUT2D eigenvalue weighted by atomic mass is 16.5. The highest BCUT2D eigenvalue weighted by Crippen LogP contribution is 2.26. The third-order valence-corrected chi connectivity index (χ3v) is 2.80. The second-order valence-electron chi connectivity index (χ2n) is 4.15. The molecule has 0 aliphatic rings. The lowest BCUT2D eigenvalue weighted by molar-refractivity contribution is -0.136. The third-order valence-electron chi connectivity index (χ3n) is 2.80. The minimum atomic E-state index is -0.902. The van der Waals surface area contributed by atoms with Crippen molar-refractivity contribution in [2.24, 2.45) is 0 Å². The topological polar surface area (TPSA) is 72.3 Å². The predicted octanol–water partition coefficient (Wildman–Crippen LogP) is 2.09. The number of aryl methyl sites for hydroxylation is 1. The number of aromatic nitrogens is 2. The van der Waals surface area contributed by atoms with E-state index in [1.54, 1.807) is 7.11 Å². The molecule has 2 aromatic rings. The maximum absolute atomic E-state index is 10.8. The molecular weight excluding hydrogens is 244 g/mol. The second-order valence-corrected chi connectivity index (χ2v) is 4.15. The Morgan fingerprint density at radius 3 is 2.84 bits per heavy atom. The number of hydrogen-bond acceptors (Lipinski definition) is 4. The number of ether oxygens (including phenoxy) is 1. The summed E-state index contributed by atoms with van der Waals surface area (Å²) in [7, 11) is 1.61. The van der Waals surface area contributed by atoms with E-state index in [0.717, 1.165) is 16.9 Å². The smallest absolute Gasteiger partial charge is 0.307 e. The third kappa shape index (κ3) is 2.88. The van der Waals surface area contributed by atoms with Crippen LogP contribution in [0.3, 0.4) is 0 Å². The Kier molecular flexibility index (Phi) is 3.75. The number of hydrogen-bond donors (Lipinski definition) is 1. The molecule has 0 spiro atoms. The van der Waals surface area contributed by atoms with Crippen LogP contribution in [0.25, 0.3) is 11.3 Å². The molecule has 0 aliphatic carbocycles. The van der Waals surface area contributed by atoms with E-state index < -0.39 is 5.97 Å². The molecular formula is C14H14N2O3. The zero-order chi connectivity index (χ0) is 13.8. The quantitative estimate of drug-likeness (QED) is 0.909. The van der Waals surface area contributed by atoms with Gasteiger partial charge in [-0.25, -0.2) is 9.97 Å². The van der Waals surface area contributed by atoms with Gasteiger partial charge in [-0.15, -0.1) is 0 Å². The van der Waals surface area contributed by atoms with Crippen LogP contribution in [-0.2, 0) is 11.2 Å². The number of carboxylic acid groups (broad SMARTS) is 1. The van der Waals surface area contributed by atoms with E-state index in [1.807, 2.05) is 25.1 Å². The maximum atomic E-state index is 10.8. The van der Waals surface area contributed by atoms with Crippen molar-refractivity contribution in [2.75, 3.05) is 7.11 Å². The Bertz CT molecular complexity index is 611. The Hall–Kier alpha value is -2.43. The van der Waals surface area contributed by atoms with Crippen LogP contribution in [0.4, 0.5) is 0 Å². The minimum absolute atomic E-state index is 0.0960. The van der Waals surface area contributed by atoms with Gasteiger partial charge in [0.1, 0.15) is 12.1 Å². The second kappa shape index (κ2) is 5.48. The van der Waals surface area contributed by atoms with E-state index in [-0.39, 0.29) is 6.42 Å². The van der Waals surface area contributed by atoms with Gasteiger partial charge in [-0.1, -0.05) is 0 Å². The number of methoxy groups -OCH3 is 1. The van der Waals surface area contributed by atoms with Crippen LogP contribution >= 0.6 is 0 Å². The fourth-order valence-electron chi connectivity index (χ4n) is 1.94. The van der Waals surface area contributed by atoms with Gasteiger partial charge in [0.05, 0.1) is 19.2 Å². The molecule has 0 amide bonds. The first kappa shape index (κ1) is 13.0. The van der Waals surface area contributed by atoms with Crippen LogP contribution in [0.5, 0.6) is 5.75 Å². The lowest BCUT2D eigenvalue weighted by Gasteiger charge is -2.09. The average Bonchev–Trinajstić information content (AvgIpc) is 2.38. The number of nitrogens with zero attached hydrogens (tertiary/aromatic N) is 2. The fourth-order valence-corrected chi connectivity index (χ4v) is 1.94. The van der Waals surface area contributed by atoms with Gasteiger partial charge in [0.2, 0.25) is 0 Å².